The summed E-state index contributed by atoms with van der Waals surface area (Å²) < 4.78 is 0. The number of H-pyrrole nitrogens is 1. The number of nitrogens with one attached hydrogen (secondary N) is 1. The first kappa shape index (κ1) is 9.28. The topological polar surface area (TPSA) is 41.8 Å². The Hall–Kier alpha value is -1.28. The van der Waals surface area contributed by atoms with Gasteiger partial charge in [0.25, 0.3) is 0 Å². The molecule has 2 aromatic rings. The summed E-state index contributed by atoms with van der Waals surface area (Å²) in [5.41, 5.74) is 9.71. The van der Waals surface area contributed by atoms with Crippen LogP contribution in [0.1, 0.15) is 30.5 Å². The zero-order valence-electron chi connectivity index (χ0n) is 8.67. The summed E-state index contributed by atoms with van der Waals surface area (Å²) in [6, 6.07) is 6.57. The second-order valence-corrected chi connectivity index (χ2v) is 3.81. The zero-order chi connectivity index (χ0) is 10.1. The maximum Gasteiger partial charge on any atom is 0.0460 e. The van der Waals surface area contributed by atoms with Gasteiger partial charge < -0.3 is 10.7 Å². The van der Waals surface area contributed by atoms with Crippen molar-refractivity contribution >= 4 is 10.9 Å². The smallest absolute Gasteiger partial charge is 0.0460 e. The van der Waals surface area contributed by atoms with E-state index in [0.29, 0.717) is 0 Å². The van der Waals surface area contributed by atoms with Gasteiger partial charge in [-0.25, -0.2) is 0 Å². The number of nitrogens with two attached hydrogens (primary N) is 1. The average molecular weight is 188 g/mol. The summed E-state index contributed by atoms with van der Waals surface area (Å²) in [5, 5.41) is 1.25. The molecule has 0 saturated carbocycles. The first-order valence-corrected chi connectivity index (χ1v) is 5.05. The zero-order valence-corrected chi connectivity index (χ0v) is 8.67. The molecule has 0 aliphatic heterocycles. The predicted octanol–water partition coefficient (Wildman–Crippen LogP) is 2.89. The third-order valence-corrected chi connectivity index (χ3v) is 2.71. The van der Waals surface area contributed by atoms with Gasteiger partial charge in [0.2, 0.25) is 0 Å². The highest BCUT2D eigenvalue weighted by atomic mass is 14.7. The fraction of sp³-hybridized carbons (Fsp3) is 0.333. The van der Waals surface area contributed by atoms with E-state index in [0.717, 1.165) is 6.42 Å². The molecule has 2 nitrogen and oxygen atoms in total. The fourth-order valence-corrected chi connectivity index (χ4v) is 1.79. The Balaban J connectivity index is 2.58. The van der Waals surface area contributed by atoms with Gasteiger partial charge in [0.1, 0.15) is 0 Å². The van der Waals surface area contributed by atoms with Gasteiger partial charge in [0.05, 0.1) is 0 Å². The molecule has 1 atom stereocenters. The van der Waals surface area contributed by atoms with Crippen molar-refractivity contribution in [3.63, 3.8) is 0 Å². The second-order valence-electron chi connectivity index (χ2n) is 3.81. The molecule has 1 heterocycles. The Kier molecular flexibility index (Phi) is 2.30. The van der Waals surface area contributed by atoms with Crippen molar-refractivity contribution in [1.82, 2.24) is 4.98 Å². The summed E-state index contributed by atoms with van der Waals surface area (Å²) in [6.07, 6.45) is 3.00. The number of fused-ring (bicyclic) bond motifs is 1. The molecule has 3 N–H and O–H groups in total. The highest BCUT2D eigenvalue weighted by Crippen LogP contribution is 2.24. The van der Waals surface area contributed by atoms with E-state index in [1.807, 2.05) is 6.20 Å². The van der Waals surface area contributed by atoms with Crippen molar-refractivity contribution in [3.8, 4) is 0 Å². The summed E-state index contributed by atoms with van der Waals surface area (Å²) in [5.74, 6) is 0. The number of hydrogen-bond donors (Lipinski definition) is 2. The van der Waals surface area contributed by atoms with Gasteiger partial charge in [-0.2, -0.15) is 0 Å². The Bertz CT molecular complexity index is 443. The third kappa shape index (κ3) is 1.42. The van der Waals surface area contributed by atoms with Gasteiger partial charge in [-0.05, 0) is 30.5 Å². The highest BCUT2D eigenvalue weighted by Gasteiger charge is 2.09. The van der Waals surface area contributed by atoms with Gasteiger partial charge in [0, 0.05) is 23.1 Å². The number of benzene rings is 1. The predicted molar refractivity (Wildman–Crippen MR) is 60.3 cm³/mol. The van der Waals surface area contributed by atoms with E-state index in [-0.39, 0.29) is 6.04 Å². The van der Waals surface area contributed by atoms with Crippen LogP contribution in [0.3, 0.4) is 0 Å². The summed E-state index contributed by atoms with van der Waals surface area (Å²) in [7, 11) is 0. The van der Waals surface area contributed by atoms with Crippen LogP contribution in [0.25, 0.3) is 10.9 Å². The van der Waals surface area contributed by atoms with Crippen LogP contribution in [0.4, 0.5) is 0 Å². The molecule has 0 bridgehead atoms. The molecular weight excluding hydrogens is 172 g/mol. The standard InChI is InChI=1S/C12H16N2/c1-3-11(13)10-7-14-12-6-8(2)4-5-9(10)12/h4-7,11,14H,3,13H2,1-2H3/t11-/m0/s1. The van der Waals surface area contributed by atoms with Crippen LogP contribution in [0, 0.1) is 6.92 Å². The molecule has 2 rings (SSSR count). The Morgan fingerprint density at radius 1 is 1.43 bits per heavy atom. The maximum absolute atomic E-state index is 6.02. The van der Waals surface area contributed by atoms with Crippen LogP contribution < -0.4 is 5.73 Å². The van der Waals surface area contributed by atoms with Crippen molar-refractivity contribution < 1.29 is 0 Å². The molecule has 0 aliphatic rings. The molecule has 0 fully saturated rings. The monoisotopic (exact) mass is 188 g/mol. The quantitative estimate of drug-likeness (QED) is 0.747. The Morgan fingerprint density at radius 3 is 2.93 bits per heavy atom. The first-order valence-electron chi connectivity index (χ1n) is 5.05. The second kappa shape index (κ2) is 3.46. The van der Waals surface area contributed by atoms with Gasteiger partial charge in [-0.15, -0.1) is 0 Å². The molecule has 1 aromatic carbocycles. The number of aromatic nitrogens is 1. The summed E-state index contributed by atoms with van der Waals surface area (Å²) >= 11 is 0. The molecule has 14 heavy (non-hydrogen) atoms. The fourth-order valence-electron chi connectivity index (χ4n) is 1.79. The molecule has 0 spiro atoms. The van der Waals surface area contributed by atoms with Crippen molar-refractivity contribution in [2.24, 2.45) is 5.73 Å². The van der Waals surface area contributed by atoms with Crippen LogP contribution in [0.2, 0.25) is 0 Å². The first-order chi connectivity index (χ1) is 6.72. The molecule has 0 amide bonds. The van der Waals surface area contributed by atoms with Gasteiger partial charge >= 0.3 is 0 Å². The minimum atomic E-state index is 0.145. The SMILES string of the molecule is CC[C@H](N)c1c[nH]c2cc(C)ccc12. The van der Waals surface area contributed by atoms with Crippen molar-refractivity contribution in [2.45, 2.75) is 26.3 Å². The van der Waals surface area contributed by atoms with Crippen LogP contribution in [0.15, 0.2) is 24.4 Å². The van der Waals surface area contributed by atoms with Crippen LogP contribution in [0.5, 0.6) is 0 Å². The van der Waals surface area contributed by atoms with Crippen LogP contribution >= 0.6 is 0 Å². The van der Waals surface area contributed by atoms with Gasteiger partial charge in [-0.3, -0.25) is 0 Å². The van der Waals surface area contributed by atoms with E-state index in [1.54, 1.807) is 0 Å². The molecule has 74 valence electrons. The molecule has 0 radical (unpaired) electrons. The lowest BCUT2D eigenvalue weighted by Gasteiger charge is -2.06. The maximum atomic E-state index is 6.02. The van der Waals surface area contributed by atoms with Crippen molar-refractivity contribution in [1.29, 1.82) is 0 Å². The van der Waals surface area contributed by atoms with E-state index < -0.39 is 0 Å². The van der Waals surface area contributed by atoms with Gasteiger partial charge in [0.15, 0.2) is 0 Å². The Labute approximate surface area is 84.1 Å². The number of aryl methyl sites for hydroxylation is 1. The molecule has 1 aromatic heterocycles. The molecule has 0 aliphatic carbocycles. The molecule has 2 heteroatoms. The summed E-state index contributed by atoms with van der Waals surface area (Å²) in [4.78, 5) is 3.26. The number of rotatable bonds is 2. The van der Waals surface area contributed by atoms with E-state index in [1.165, 1.54) is 22.0 Å². The number of hydrogen-bond acceptors (Lipinski definition) is 1. The third-order valence-electron chi connectivity index (χ3n) is 2.71. The van der Waals surface area contributed by atoms with Gasteiger partial charge in [-0.1, -0.05) is 19.1 Å². The Morgan fingerprint density at radius 2 is 2.21 bits per heavy atom. The van der Waals surface area contributed by atoms with Crippen LogP contribution in [-0.2, 0) is 0 Å². The summed E-state index contributed by atoms with van der Waals surface area (Å²) in [6.45, 7) is 4.21. The average Bonchev–Trinajstić information content (AvgIpc) is 2.59. The van der Waals surface area contributed by atoms with E-state index in [2.05, 4.69) is 37.0 Å². The lowest BCUT2D eigenvalue weighted by molar-refractivity contribution is 0.704. The van der Waals surface area contributed by atoms with Crippen LogP contribution in [-0.4, -0.2) is 4.98 Å². The van der Waals surface area contributed by atoms with E-state index in [9.17, 15) is 0 Å². The molecular formula is C12H16N2. The van der Waals surface area contributed by atoms with E-state index >= 15 is 0 Å². The minimum absolute atomic E-state index is 0.145. The van der Waals surface area contributed by atoms with Crippen molar-refractivity contribution in [3.05, 3.63) is 35.5 Å². The normalized spacial score (nSPS) is 13.4. The highest BCUT2D eigenvalue weighted by molar-refractivity contribution is 5.84. The molecule has 0 unspecified atom stereocenters. The lowest BCUT2D eigenvalue weighted by Crippen LogP contribution is -2.07. The lowest BCUT2D eigenvalue weighted by atomic mass is 10.0. The minimum Gasteiger partial charge on any atom is -0.361 e. The van der Waals surface area contributed by atoms with E-state index in [4.69, 9.17) is 5.73 Å². The largest absolute Gasteiger partial charge is 0.361 e. The number of aromatic amines is 1. The van der Waals surface area contributed by atoms with Crippen molar-refractivity contribution in [2.75, 3.05) is 0 Å². The molecule has 0 saturated heterocycles.